The molecule has 0 aromatic carbocycles. The Hall–Kier alpha value is -0.120. The van der Waals surface area contributed by atoms with Crippen molar-refractivity contribution in [3.8, 4) is 0 Å². The molecule has 0 aliphatic carbocycles. The molecule has 0 amide bonds. The fraction of sp³-hybridized carbons (Fsp3) is 1.00. The minimum absolute atomic E-state index is 0.164. The van der Waals surface area contributed by atoms with Crippen molar-refractivity contribution >= 4 is 0 Å². The summed E-state index contributed by atoms with van der Waals surface area (Å²) in [6.07, 6.45) is 5.92. The Morgan fingerprint density at radius 2 is 2.36 bits per heavy atom. The van der Waals surface area contributed by atoms with Gasteiger partial charge in [0.2, 0.25) is 0 Å². The third-order valence-corrected chi connectivity index (χ3v) is 2.62. The van der Waals surface area contributed by atoms with Gasteiger partial charge in [-0.2, -0.15) is 0 Å². The molecule has 14 heavy (non-hydrogen) atoms. The zero-order chi connectivity index (χ0) is 10.2. The first-order chi connectivity index (χ1) is 6.79. The molecule has 2 N–H and O–H groups in total. The standard InChI is InChI=1S/C11H23NO2/c1-10(13)5-4-7-12-9-11-6-2-3-8-14-11/h10-13H,2-9H2,1H3. The van der Waals surface area contributed by atoms with Gasteiger partial charge in [-0.3, -0.25) is 0 Å². The van der Waals surface area contributed by atoms with Crippen LogP contribution in [-0.2, 0) is 4.74 Å². The van der Waals surface area contributed by atoms with Crippen molar-refractivity contribution in [1.82, 2.24) is 5.32 Å². The second-order valence-corrected chi connectivity index (χ2v) is 4.18. The Labute approximate surface area is 86.8 Å². The number of aliphatic hydroxyl groups excluding tert-OH is 1. The molecular formula is C11H23NO2. The van der Waals surface area contributed by atoms with Gasteiger partial charge in [0.15, 0.2) is 0 Å². The third-order valence-electron chi connectivity index (χ3n) is 2.62. The molecule has 0 aromatic rings. The van der Waals surface area contributed by atoms with Crippen molar-refractivity contribution in [1.29, 1.82) is 0 Å². The molecule has 0 spiro atoms. The summed E-state index contributed by atoms with van der Waals surface area (Å²) in [5.74, 6) is 0. The second kappa shape index (κ2) is 7.21. The molecule has 2 atom stereocenters. The van der Waals surface area contributed by atoms with Gasteiger partial charge in [0, 0.05) is 13.2 Å². The summed E-state index contributed by atoms with van der Waals surface area (Å²) in [5.41, 5.74) is 0. The first-order valence-corrected chi connectivity index (χ1v) is 5.79. The lowest BCUT2D eigenvalue weighted by Crippen LogP contribution is -2.32. The molecule has 2 unspecified atom stereocenters. The van der Waals surface area contributed by atoms with Gasteiger partial charge in [-0.15, -0.1) is 0 Å². The average molecular weight is 201 g/mol. The Morgan fingerprint density at radius 3 is 3.00 bits per heavy atom. The smallest absolute Gasteiger partial charge is 0.0699 e. The predicted octanol–water partition coefficient (Wildman–Crippen LogP) is 1.31. The van der Waals surface area contributed by atoms with Crippen LogP contribution >= 0.6 is 0 Å². The number of ether oxygens (including phenoxy) is 1. The summed E-state index contributed by atoms with van der Waals surface area (Å²) in [5, 5.41) is 12.4. The first-order valence-electron chi connectivity index (χ1n) is 5.79. The molecule has 0 bridgehead atoms. The van der Waals surface area contributed by atoms with Crippen molar-refractivity contribution in [2.24, 2.45) is 0 Å². The predicted molar refractivity (Wildman–Crippen MR) is 57.4 cm³/mol. The topological polar surface area (TPSA) is 41.5 Å². The van der Waals surface area contributed by atoms with Gasteiger partial charge in [0.1, 0.15) is 0 Å². The highest BCUT2D eigenvalue weighted by Gasteiger charge is 2.12. The maximum absolute atomic E-state index is 9.05. The Kier molecular flexibility index (Phi) is 6.15. The minimum atomic E-state index is -0.164. The van der Waals surface area contributed by atoms with Crippen LogP contribution in [-0.4, -0.2) is 37.0 Å². The highest BCUT2D eigenvalue weighted by Crippen LogP contribution is 2.11. The van der Waals surface area contributed by atoms with Crippen molar-refractivity contribution in [3.05, 3.63) is 0 Å². The molecular weight excluding hydrogens is 178 g/mol. The van der Waals surface area contributed by atoms with Crippen LogP contribution < -0.4 is 5.32 Å². The molecule has 1 heterocycles. The van der Waals surface area contributed by atoms with E-state index in [1.54, 1.807) is 0 Å². The summed E-state index contributed by atoms with van der Waals surface area (Å²) in [6, 6.07) is 0. The van der Waals surface area contributed by atoms with Gasteiger partial charge in [-0.05, 0) is 45.6 Å². The molecule has 84 valence electrons. The van der Waals surface area contributed by atoms with E-state index < -0.39 is 0 Å². The molecule has 0 aromatic heterocycles. The van der Waals surface area contributed by atoms with Crippen LogP contribution in [0.15, 0.2) is 0 Å². The van der Waals surface area contributed by atoms with E-state index in [0.717, 1.165) is 32.5 Å². The van der Waals surface area contributed by atoms with Crippen LogP contribution in [0.4, 0.5) is 0 Å². The van der Waals surface area contributed by atoms with Crippen LogP contribution in [0.3, 0.4) is 0 Å². The largest absolute Gasteiger partial charge is 0.393 e. The summed E-state index contributed by atoms with van der Waals surface area (Å²) in [6.45, 7) is 4.73. The number of rotatable bonds is 6. The summed E-state index contributed by atoms with van der Waals surface area (Å²) in [7, 11) is 0. The molecule has 1 saturated heterocycles. The summed E-state index contributed by atoms with van der Waals surface area (Å²) in [4.78, 5) is 0. The highest BCUT2D eigenvalue weighted by atomic mass is 16.5. The van der Waals surface area contributed by atoms with Crippen molar-refractivity contribution < 1.29 is 9.84 Å². The number of hydrogen-bond donors (Lipinski definition) is 2. The van der Waals surface area contributed by atoms with Gasteiger partial charge in [0.25, 0.3) is 0 Å². The molecule has 1 aliphatic rings. The molecule has 3 nitrogen and oxygen atoms in total. The lowest BCUT2D eigenvalue weighted by atomic mass is 10.1. The Balaban J connectivity index is 1.87. The molecule has 1 rings (SSSR count). The molecule has 1 aliphatic heterocycles. The van der Waals surface area contributed by atoms with E-state index in [0.29, 0.717) is 6.10 Å². The van der Waals surface area contributed by atoms with Crippen LogP contribution in [0, 0.1) is 0 Å². The monoisotopic (exact) mass is 201 g/mol. The summed E-state index contributed by atoms with van der Waals surface area (Å²) < 4.78 is 5.59. The van der Waals surface area contributed by atoms with Gasteiger partial charge in [0.05, 0.1) is 12.2 Å². The fourth-order valence-corrected chi connectivity index (χ4v) is 1.75. The molecule has 1 fully saturated rings. The normalized spacial score (nSPS) is 24.9. The SMILES string of the molecule is CC(O)CCCNCC1CCCCO1. The van der Waals surface area contributed by atoms with Crippen LogP contribution in [0.2, 0.25) is 0 Å². The van der Waals surface area contributed by atoms with E-state index in [2.05, 4.69) is 5.32 Å². The lowest BCUT2D eigenvalue weighted by Gasteiger charge is -2.22. The number of nitrogens with one attached hydrogen (secondary N) is 1. The average Bonchev–Trinajstić information content (AvgIpc) is 2.18. The van der Waals surface area contributed by atoms with E-state index in [4.69, 9.17) is 9.84 Å². The Bertz CT molecular complexity index is 133. The van der Waals surface area contributed by atoms with Crippen LogP contribution in [0.1, 0.15) is 39.0 Å². The van der Waals surface area contributed by atoms with E-state index in [1.807, 2.05) is 6.92 Å². The second-order valence-electron chi connectivity index (χ2n) is 4.18. The van der Waals surface area contributed by atoms with Crippen molar-refractivity contribution in [2.75, 3.05) is 19.7 Å². The minimum Gasteiger partial charge on any atom is -0.393 e. The zero-order valence-electron chi connectivity index (χ0n) is 9.17. The van der Waals surface area contributed by atoms with Crippen molar-refractivity contribution in [3.63, 3.8) is 0 Å². The first kappa shape index (κ1) is 12.0. The lowest BCUT2D eigenvalue weighted by molar-refractivity contribution is 0.0169. The van der Waals surface area contributed by atoms with E-state index in [1.165, 1.54) is 19.3 Å². The maximum Gasteiger partial charge on any atom is 0.0699 e. The van der Waals surface area contributed by atoms with Crippen molar-refractivity contribution in [2.45, 2.75) is 51.2 Å². The third kappa shape index (κ3) is 5.58. The Morgan fingerprint density at radius 1 is 1.50 bits per heavy atom. The quantitative estimate of drug-likeness (QED) is 0.637. The number of aliphatic hydroxyl groups is 1. The molecule has 3 heteroatoms. The van der Waals surface area contributed by atoms with Gasteiger partial charge in [-0.1, -0.05) is 0 Å². The fourth-order valence-electron chi connectivity index (χ4n) is 1.75. The molecule has 0 radical (unpaired) electrons. The summed E-state index contributed by atoms with van der Waals surface area (Å²) >= 11 is 0. The zero-order valence-corrected chi connectivity index (χ0v) is 9.17. The van der Waals surface area contributed by atoms with Gasteiger partial charge in [-0.25, -0.2) is 0 Å². The van der Waals surface area contributed by atoms with Crippen LogP contribution in [0.5, 0.6) is 0 Å². The van der Waals surface area contributed by atoms with Gasteiger partial charge < -0.3 is 15.2 Å². The van der Waals surface area contributed by atoms with Gasteiger partial charge >= 0.3 is 0 Å². The highest BCUT2D eigenvalue weighted by molar-refractivity contribution is 4.66. The maximum atomic E-state index is 9.05. The molecule has 0 saturated carbocycles. The van der Waals surface area contributed by atoms with E-state index >= 15 is 0 Å². The van der Waals surface area contributed by atoms with Crippen LogP contribution in [0.25, 0.3) is 0 Å². The number of hydrogen-bond acceptors (Lipinski definition) is 3. The van der Waals surface area contributed by atoms with E-state index in [9.17, 15) is 0 Å². The van der Waals surface area contributed by atoms with E-state index in [-0.39, 0.29) is 6.10 Å².